The molecule has 2 aliphatic heterocycles. The van der Waals surface area contributed by atoms with Gasteiger partial charge in [0.05, 0.1) is 24.4 Å². The van der Waals surface area contributed by atoms with E-state index in [4.69, 9.17) is 9.47 Å². The van der Waals surface area contributed by atoms with Crippen molar-refractivity contribution < 1.29 is 9.47 Å². The van der Waals surface area contributed by atoms with Crippen molar-refractivity contribution in [1.82, 2.24) is 0 Å². The van der Waals surface area contributed by atoms with Crippen LogP contribution in [0.25, 0.3) is 0 Å². The summed E-state index contributed by atoms with van der Waals surface area (Å²) in [7, 11) is 0. The third kappa shape index (κ3) is 1.06. The Labute approximate surface area is 104 Å². The fourth-order valence-electron chi connectivity index (χ4n) is 4.68. The zero-order valence-electron chi connectivity index (χ0n) is 11.2. The molecule has 0 spiro atoms. The number of hydrogen-bond donors (Lipinski definition) is 0. The van der Waals surface area contributed by atoms with E-state index in [1.54, 1.807) is 0 Å². The molecule has 2 aliphatic carbocycles. The molecule has 0 radical (unpaired) electrons. The lowest BCUT2D eigenvalue weighted by molar-refractivity contribution is -0.333. The van der Waals surface area contributed by atoms with Crippen LogP contribution in [0.2, 0.25) is 0 Å². The lowest BCUT2D eigenvalue weighted by Gasteiger charge is -2.68. The van der Waals surface area contributed by atoms with Gasteiger partial charge in [-0.15, -0.1) is 0 Å². The molecule has 0 aromatic rings. The molecule has 0 bridgehead atoms. The molecule has 0 aromatic heterocycles. The summed E-state index contributed by atoms with van der Waals surface area (Å²) in [5.74, 6) is 0. The predicted octanol–water partition coefficient (Wildman–Crippen LogP) is 3.29. The fourth-order valence-corrected chi connectivity index (χ4v) is 4.68. The summed E-state index contributed by atoms with van der Waals surface area (Å²) in [5.41, 5.74) is 1.69. The third-order valence-corrected chi connectivity index (χ3v) is 7.05. The predicted molar refractivity (Wildman–Crippen MR) is 65.9 cm³/mol. The molecule has 2 heterocycles. The van der Waals surface area contributed by atoms with Crippen molar-refractivity contribution in [2.24, 2.45) is 10.8 Å². The van der Waals surface area contributed by atoms with E-state index >= 15 is 0 Å². The topological polar surface area (TPSA) is 18.5 Å². The van der Waals surface area contributed by atoms with Crippen LogP contribution in [-0.4, -0.2) is 24.4 Å². The van der Waals surface area contributed by atoms with Gasteiger partial charge in [0.1, 0.15) is 0 Å². The molecular weight excluding hydrogens is 212 g/mol. The Morgan fingerprint density at radius 3 is 1.41 bits per heavy atom. The average molecular weight is 236 g/mol. The molecule has 2 saturated heterocycles. The average Bonchev–Trinajstić information content (AvgIpc) is 2.35. The van der Waals surface area contributed by atoms with E-state index in [0.29, 0.717) is 10.8 Å². The number of ether oxygens (including phenoxy) is 2. The first kappa shape index (κ1) is 10.8. The molecule has 2 heteroatoms. The summed E-state index contributed by atoms with van der Waals surface area (Å²) < 4.78 is 11.5. The van der Waals surface area contributed by atoms with Crippen LogP contribution in [0, 0.1) is 10.8 Å². The Kier molecular flexibility index (Phi) is 1.85. The minimum absolute atomic E-state index is 0.268. The Bertz CT molecular complexity index is 310. The van der Waals surface area contributed by atoms with Crippen molar-refractivity contribution in [3.05, 3.63) is 0 Å². The molecule has 4 unspecified atom stereocenters. The monoisotopic (exact) mass is 236 g/mol. The Hall–Kier alpha value is -0.0800. The van der Waals surface area contributed by atoms with Crippen molar-refractivity contribution in [1.29, 1.82) is 0 Å². The first-order valence-electron chi connectivity index (χ1n) is 7.31. The van der Waals surface area contributed by atoms with Gasteiger partial charge >= 0.3 is 0 Å². The van der Waals surface area contributed by atoms with E-state index in [2.05, 4.69) is 13.8 Å². The van der Waals surface area contributed by atoms with Gasteiger partial charge in [-0.2, -0.15) is 0 Å². The SMILES string of the molecule is CC12CCC1(CCCC13CCC1(C)OC3)CO2. The Morgan fingerprint density at radius 1 is 0.765 bits per heavy atom. The molecule has 0 amide bonds. The normalized spacial score (nSPS) is 58.9. The zero-order chi connectivity index (χ0) is 11.8. The Morgan fingerprint density at radius 2 is 1.24 bits per heavy atom. The van der Waals surface area contributed by atoms with Crippen LogP contribution in [0.5, 0.6) is 0 Å². The first-order chi connectivity index (χ1) is 8.04. The van der Waals surface area contributed by atoms with Crippen LogP contribution >= 0.6 is 0 Å². The van der Waals surface area contributed by atoms with Crippen molar-refractivity contribution in [2.75, 3.05) is 13.2 Å². The van der Waals surface area contributed by atoms with E-state index in [0.717, 1.165) is 13.2 Å². The molecule has 4 atom stereocenters. The molecule has 2 saturated carbocycles. The van der Waals surface area contributed by atoms with Gasteiger partial charge in [-0.1, -0.05) is 6.42 Å². The standard InChI is InChI=1S/C15H24O2/c1-12-6-8-14(12,10-16-12)4-3-5-15-9-7-13(15,2)17-11-15/h3-11H2,1-2H3. The second-order valence-electron chi connectivity index (χ2n) is 7.45. The second kappa shape index (κ2) is 2.91. The maximum atomic E-state index is 5.77. The van der Waals surface area contributed by atoms with Crippen molar-refractivity contribution in [2.45, 2.75) is 70.0 Å². The van der Waals surface area contributed by atoms with E-state index in [9.17, 15) is 0 Å². The van der Waals surface area contributed by atoms with Crippen LogP contribution in [0.4, 0.5) is 0 Å². The molecular formula is C15H24O2. The maximum Gasteiger partial charge on any atom is 0.0733 e. The van der Waals surface area contributed by atoms with E-state index < -0.39 is 0 Å². The van der Waals surface area contributed by atoms with Crippen molar-refractivity contribution in [3.63, 3.8) is 0 Å². The van der Waals surface area contributed by atoms with E-state index in [1.165, 1.54) is 44.9 Å². The highest BCUT2D eigenvalue weighted by molar-refractivity contribution is 5.15. The van der Waals surface area contributed by atoms with Gasteiger partial charge in [0.2, 0.25) is 0 Å². The van der Waals surface area contributed by atoms with Crippen LogP contribution in [0.3, 0.4) is 0 Å². The smallest absolute Gasteiger partial charge is 0.0733 e. The zero-order valence-corrected chi connectivity index (χ0v) is 11.2. The summed E-state index contributed by atoms with van der Waals surface area (Å²) in [6, 6.07) is 0. The molecule has 4 aliphatic rings. The fraction of sp³-hybridized carbons (Fsp3) is 1.00. The van der Waals surface area contributed by atoms with E-state index in [1.807, 2.05) is 0 Å². The summed E-state index contributed by atoms with van der Waals surface area (Å²) >= 11 is 0. The van der Waals surface area contributed by atoms with Gasteiger partial charge in [-0.05, 0) is 52.4 Å². The lowest BCUT2D eigenvalue weighted by Crippen LogP contribution is -2.70. The third-order valence-electron chi connectivity index (χ3n) is 7.05. The molecule has 2 nitrogen and oxygen atoms in total. The van der Waals surface area contributed by atoms with Gasteiger partial charge in [-0.3, -0.25) is 0 Å². The number of hydrogen-bond acceptors (Lipinski definition) is 2. The molecule has 4 fully saturated rings. The highest BCUT2D eigenvalue weighted by atomic mass is 16.5. The molecule has 0 aromatic carbocycles. The van der Waals surface area contributed by atoms with Gasteiger partial charge in [0.15, 0.2) is 0 Å². The summed E-state index contributed by atoms with van der Waals surface area (Å²) in [4.78, 5) is 0. The summed E-state index contributed by atoms with van der Waals surface area (Å²) in [5, 5.41) is 0. The lowest BCUT2D eigenvalue weighted by atomic mass is 9.49. The highest BCUT2D eigenvalue weighted by Crippen LogP contribution is 2.65. The minimum Gasteiger partial charge on any atom is -0.374 e. The largest absolute Gasteiger partial charge is 0.374 e. The quantitative estimate of drug-likeness (QED) is 0.745. The van der Waals surface area contributed by atoms with E-state index in [-0.39, 0.29) is 11.2 Å². The van der Waals surface area contributed by atoms with Gasteiger partial charge in [0.25, 0.3) is 0 Å². The van der Waals surface area contributed by atoms with Crippen LogP contribution < -0.4 is 0 Å². The van der Waals surface area contributed by atoms with Gasteiger partial charge in [0, 0.05) is 10.8 Å². The summed E-state index contributed by atoms with van der Waals surface area (Å²) in [6.45, 7) is 6.70. The second-order valence-corrected chi connectivity index (χ2v) is 7.45. The first-order valence-corrected chi connectivity index (χ1v) is 7.31. The van der Waals surface area contributed by atoms with Crippen LogP contribution in [-0.2, 0) is 9.47 Å². The van der Waals surface area contributed by atoms with Crippen molar-refractivity contribution >= 4 is 0 Å². The van der Waals surface area contributed by atoms with Crippen LogP contribution in [0.15, 0.2) is 0 Å². The number of fused-ring (bicyclic) bond motifs is 2. The van der Waals surface area contributed by atoms with Gasteiger partial charge < -0.3 is 9.47 Å². The van der Waals surface area contributed by atoms with Gasteiger partial charge in [-0.25, -0.2) is 0 Å². The molecule has 0 N–H and O–H groups in total. The molecule has 96 valence electrons. The highest BCUT2D eigenvalue weighted by Gasteiger charge is 2.66. The number of rotatable bonds is 4. The molecule has 17 heavy (non-hydrogen) atoms. The van der Waals surface area contributed by atoms with Crippen molar-refractivity contribution in [3.8, 4) is 0 Å². The Balaban J connectivity index is 1.33. The molecule has 4 rings (SSSR count). The van der Waals surface area contributed by atoms with Crippen LogP contribution in [0.1, 0.15) is 58.8 Å². The summed E-state index contributed by atoms with van der Waals surface area (Å²) in [6.07, 6.45) is 9.56. The maximum absolute atomic E-state index is 5.77. The minimum atomic E-state index is 0.268.